The van der Waals surface area contributed by atoms with E-state index in [2.05, 4.69) is 50.8 Å². The van der Waals surface area contributed by atoms with Gasteiger partial charge in [-0.1, -0.05) is 36.4 Å². The molecule has 1 amide bonds. The zero-order chi connectivity index (χ0) is 20.9. The fourth-order valence-electron chi connectivity index (χ4n) is 4.19. The number of hydrogen-bond donors (Lipinski definition) is 0. The van der Waals surface area contributed by atoms with Crippen molar-refractivity contribution in [1.82, 2.24) is 14.5 Å². The molecule has 1 aliphatic rings. The van der Waals surface area contributed by atoms with E-state index in [9.17, 15) is 4.79 Å². The normalized spacial score (nSPS) is 14.9. The van der Waals surface area contributed by atoms with Crippen LogP contribution in [0.15, 0.2) is 60.8 Å². The van der Waals surface area contributed by atoms with Crippen molar-refractivity contribution in [2.24, 2.45) is 0 Å². The van der Waals surface area contributed by atoms with Gasteiger partial charge >= 0.3 is 0 Å². The van der Waals surface area contributed by atoms with Gasteiger partial charge in [0.05, 0.1) is 12.7 Å². The van der Waals surface area contributed by atoms with Crippen molar-refractivity contribution >= 4 is 22.5 Å². The Bertz CT molecular complexity index is 977. The number of hydroxylamine groups is 2. The van der Waals surface area contributed by atoms with Crippen molar-refractivity contribution in [2.75, 3.05) is 51.8 Å². The average molecular weight is 407 g/mol. The number of anilines is 1. The lowest BCUT2D eigenvalue weighted by atomic mass is 10.1. The maximum Gasteiger partial charge on any atom is 0.279 e. The van der Waals surface area contributed by atoms with Crippen LogP contribution in [0.4, 0.5) is 5.69 Å². The van der Waals surface area contributed by atoms with Crippen molar-refractivity contribution in [3.05, 3.63) is 66.4 Å². The van der Waals surface area contributed by atoms with Crippen LogP contribution in [0, 0.1) is 0 Å². The Balaban J connectivity index is 1.35. The second-order valence-electron chi connectivity index (χ2n) is 7.76. The van der Waals surface area contributed by atoms with E-state index in [1.807, 2.05) is 24.4 Å². The van der Waals surface area contributed by atoms with Gasteiger partial charge in [-0.2, -0.15) is 0 Å². The van der Waals surface area contributed by atoms with Crippen LogP contribution in [0.5, 0.6) is 0 Å². The van der Waals surface area contributed by atoms with E-state index in [4.69, 9.17) is 4.84 Å². The van der Waals surface area contributed by atoms with E-state index >= 15 is 0 Å². The van der Waals surface area contributed by atoms with Gasteiger partial charge < -0.3 is 9.47 Å². The average Bonchev–Trinajstić information content (AvgIpc) is 3.18. The number of carbonyl (C=O) groups excluding carboxylic acids is 1. The lowest BCUT2D eigenvalue weighted by molar-refractivity contribution is -0.0755. The first-order valence-corrected chi connectivity index (χ1v) is 10.6. The van der Waals surface area contributed by atoms with Crippen molar-refractivity contribution in [3.8, 4) is 0 Å². The molecular formula is C24H30N4O2. The molecule has 4 rings (SSSR count). The number of hydrogen-bond acceptors (Lipinski definition) is 4. The Morgan fingerprint density at radius 3 is 2.40 bits per heavy atom. The van der Waals surface area contributed by atoms with E-state index < -0.39 is 0 Å². The van der Waals surface area contributed by atoms with Crippen LogP contribution in [0.3, 0.4) is 0 Å². The van der Waals surface area contributed by atoms with Crippen LogP contribution in [-0.4, -0.2) is 67.3 Å². The van der Waals surface area contributed by atoms with E-state index in [-0.39, 0.29) is 5.91 Å². The lowest BCUT2D eigenvalue weighted by Gasteiger charge is -2.36. The topological polar surface area (TPSA) is 41.0 Å². The molecule has 0 unspecified atom stereocenters. The molecule has 158 valence electrons. The van der Waals surface area contributed by atoms with Gasteiger partial charge in [0, 0.05) is 62.6 Å². The number of aryl methyl sites for hydroxylation is 1. The zero-order valence-electron chi connectivity index (χ0n) is 17.8. The minimum Gasteiger partial charge on any atom is -0.369 e. The highest BCUT2D eigenvalue weighted by atomic mass is 16.7. The molecule has 0 radical (unpaired) electrons. The molecule has 1 aliphatic heterocycles. The zero-order valence-corrected chi connectivity index (χ0v) is 17.8. The first kappa shape index (κ1) is 20.4. The minimum absolute atomic E-state index is 0.121. The van der Waals surface area contributed by atoms with Crippen molar-refractivity contribution < 1.29 is 9.63 Å². The second kappa shape index (κ2) is 9.32. The van der Waals surface area contributed by atoms with Gasteiger partial charge in [-0.25, -0.2) is 5.06 Å². The SMILES string of the molecule is CON(C)C(=O)c1cn(CCCN2CCN(c3ccccc3)CC2)c2ccccc12. The van der Waals surface area contributed by atoms with Gasteiger partial charge in [0.15, 0.2) is 0 Å². The van der Waals surface area contributed by atoms with Crippen LogP contribution in [0.2, 0.25) is 0 Å². The summed E-state index contributed by atoms with van der Waals surface area (Å²) in [5, 5.41) is 2.25. The Morgan fingerprint density at radius 1 is 0.967 bits per heavy atom. The van der Waals surface area contributed by atoms with Crippen molar-refractivity contribution in [1.29, 1.82) is 0 Å². The van der Waals surface area contributed by atoms with Crippen LogP contribution in [-0.2, 0) is 11.4 Å². The molecule has 0 N–H and O–H groups in total. The Labute approximate surface area is 178 Å². The molecule has 3 aromatic rings. The molecule has 0 bridgehead atoms. The van der Waals surface area contributed by atoms with Crippen LogP contribution >= 0.6 is 0 Å². The third-order valence-electron chi connectivity index (χ3n) is 5.95. The van der Waals surface area contributed by atoms with Gasteiger partial charge in [-0.3, -0.25) is 14.5 Å². The predicted molar refractivity (Wildman–Crippen MR) is 121 cm³/mol. The van der Waals surface area contributed by atoms with E-state index in [1.54, 1.807) is 7.05 Å². The molecule has 1 aromatic heterocycles. The second-order valence-corrected chi connectivity index (χ2v) is 7.76. The summed E-state index contributed by atoms with van der Waals surface area (Å²) in [7, 11) is 3.15. The summed E-state index contributed by atoms with van der Waals surface area (Å²) in [6, 6.07) is 18.7. The van der Waals surface area contributed by atoms with Gasteiger partial charge in [0.2, 0.25) is 0 Å². The molecule has 0 saturated carbocycles. The molecule has 2 heterocycles. The molecule has 0 aliphatic carbocycles. The number of benzene rings is 2. The highest BCUT2D eigenvalue weighted by molar-refractivity contribution is 6.06. The van der Waals surface area contributed by atoms with Gasteiger partial charge in [0.1, 0.15) is 0 Å². The highest BCUT2D eigenvalue weighted by Crippen LogP contribution is 2.23. The molecule has 0 spiro atoms. The summed E-state index contributed by atoms with van der Waals surface area (Å²) in [5.41, 5.74) is 3.10. The number of fused-ring (bicyclic) bond motifs is 1. The third kappa shape index (κ3) is 4.35. The Morgan fingerprint density at radius 2 is 1.67 bits per heavy atom. The summed E-state index contributed by atoms with van der Waals surface area (Å²) in [6.07, 6.45) is 3.02. The summed E-state index contributed by atoms with van der Waals surface area (Å²) in [5.74, 6) is -0.121. The fraction of sp³-hybridized carbons (Fsp3) is 0.375. The maximum atomic E-state index is 12.6. The molecule has 1 fully saturated rings. The first-order chi connectivity index (χ1) is 14.7. The molecule has 30 heavy (non-hydrogen) atoms. The minimum atomic E-state index is -0.121. The molecule has 0 atom stereocenters. The Kier molecular flexibility index (Phi) is 6.35. The van der Waals surface area contributed by atoms with Crippen molar-refractivity contribution in [2.45, 2.75) is 13.0 Å². The summed E-state index contributed by atoms with van der Waals surface area (Å²) in [6.45, 7) is 6.27. The van der Waals surface area contributed by atoms with Crippen LogP contribution < -0.4 is 4.90 Å². The molecular weight excluding hydrogens is 376 g/mol. The largest absolute Gasteiger partial charge is 0.369 e. The monoisotopic (exact) mass is 406 g/mol. The number of nitrogens with zero attached hydrogens (tertiary/aromatic N) is 4. The van der Waals surface area contributed by atoms with Crippen molar-refractivity contribution in [3.63, 3.8) is 0 Å². The number of para-hydroxylation sites is 2. The molecule has 6 heteroatoms. The van der Waals surface area contributed by atoms with Gasteiger partial charge in [-0.05, 0) is 31.2 Å². The van der Waals surface area contributed by atoms with Crippen LogP contribution in [0.25, 0.3) is 10.9 Å². The standard InChI is InChI=1S/C24H30N4O2/c1-25(30-2)24(29)22-19-28(23-12-7-6-11-21(22)23)14-8-13-26-15-17-27(18-16-26)20-9-4-3-5-10-20/h3-7,9-12,19H,8,13-18H2,1-2H3. The fourth-order valence-corrected chi connectivity index (χ4v) is 4.19. The summed E-state index contributed by atoms with van der Waals surface area (Å²) in [4.78, 5) is 22.7. The molecule has 6 nitrogen and oxygen atoms in total. The maximum absolute atomic E-state index is 12.6. The number of piperazine rings is 1. The van der Waals surface area contributed by atoms with E-state index in [1.165, 1.54) is 17.9 Å². The number of amides is 1. The highest BCUT2D eigenvalue weighted by Gasteiger charge is 2.19. The summed E-state index contributed by atoms with van der Waals surface area (Å²) < 4.78 is 2.20. The van der Waals surface area contributed by atoms with Gasteiger partial charge in [-0.15, -0.1) is 0 Å². The Hall–Kier alpha value is -2.83. The number of rotatable bonds is 7. The first-order valence-electron chi connectivity index (χ1n) is 10.6. The lowest BCUT2D eigenvalue weighted by Crippen LogP contribution is -2.46. The van der Waals surface area contributed by atoms with E-state index in [0.717, 1.165) is 56.6 Å². The molecule has 2 aromatic carbocycles. The predicted octanol–water partition coefficient (Wildman–Crippen LogP) is 3.49. The third-order valence-corrected chi connectivity index (χ3v) is 5.95. The number of aromatic nitrogens is 1. The summed E-state index contributed by atoms with van der Waals surface area (Å²) >= 11 is 0. The van der Waals surface area contributed by atoms with E-state index in [0.29, 0.717) is 5.56 Å². The van der Waals surface area contributed by atoms with Crippen LogP contribution in [0.1, 0.15) is 16.8 Å². The quantitative estimate of drug-likeness (QED) is 0.563. The molecule has 1 saturated heterocycles. The number of carbonyl (C=O) groups is 1. The van der Waals surface area contributed by atoms with Gasteiger partial charge in [0.25, 0.3) is 5.91 Å². The smallest absolute Gasteiger partial charge is 0.279 e.